The van der Waals surface area contributed by atoms with Gasteiger partial charge in [-0.25, -0.2) is 0 Å². The molecule has 1 aromatic carbocycles. The van der Waals surface area contributed by atoms with Gasteiger partial charge >= 0.3 is 6.18 Å². The van der Waals surface area contributed by atoms with Crippen LogP contribution < -0.4 is 11.1 Å². The molecule has 0 radical (unpaired) electrons. The van der Waals surface area contributed by atoms with Gasteiger partial charge in [0.15, 0.2) is 0 Å². The zero-order valence-corrected chi connectivity index (χ0v) is 9.56. The van der Waals surface area contributed by atoms with Gasteiger partial charge in [0.2, 0.25) is 5.91 Å². The number of alkyl halides is 3. The average Bonchev–Trinajstić information content (AvgIpc) is 2.24. The predicted molar refractivity (Wildman–Crippen MR) is 61.4 cm³/mol. The molecule has 3 N–H and O–H groups in total. The van der Waals surface area contributed by atoms with E-state index < -0.39 is 11.7 Å². The Balaban J connectivity index is 3.04. The van der Waals surface area contributed by atoms with Gasteiger partial charge in [0.1, 0.15) is 0 Å². The van der Waals surface area contributed by atoms with Crippen molar-refractivity contribution in [2.75, 3.05) is 12.3 Å². The second-order valence-corrected chi connectivity index (χ2v) is 3.48. The summed E-state index contributed by atoms with van der Waals surface area (Å²) in [4.78, 5) is 10.6. The van der Waals surface area contributed by atoms with Crippen molar-refractivity contribution in [2.45, 2.75) is 13.1 Å². The lowest BCUT2D eigenvalue weighted by Crippen LogP contribution is -2.19. The first-order valence-electron chi connectivity index (χ1n) is 5.01. The molecule has 0 aliphatic rings. The Bertz CT molecular complexity index is 512. The summed E-state index contributed by atoms with van der Waals surface area (Å²) in [5, 5.41) is 2.36. The van der Waals surface area contributed by atoms with E-state index in [9.17, 15) is 18.0 Å². The molecule has 0 saturated heterocycles. The number of anilines is 1. The van der Waals surface area contributed by atoms with Crippen LogP contribution in [0.15, 0.2) is 18.2 Å². The summed E-state index contributed by atoms with van der Waals surface area (Å²) in [6.45, 7) is 1.26. The molecule has 6 heteroatoms. The highest BCUT2D eigenvalue weighted by Gasteiger charge is 2.33. The zero-order valence-electron chi connectivity index (χ0n) is 9.56. The number of rotatable bonds is 1. The summed E-state index contributed by atoms with van der Waals surface area (Å²) in [5.74, 6) is 4.45. The highest BCUT2D eigenvalue weighted by molar-refractivity contribution is 5.73. The molecular weight excluding hydrogens is 245 g/mol. The molecule has 0 atom stereocenters. The summed E-state index contributed by atoms with van der Waals surface area (Å²) in [6.07, 6.45) is -4.51. The molecule has 3 nitrogen and oxygen atoms in total. The standard InChI is InChI=1S/C12H11F3N2O/c1-8(18)17-7-3-4-9-10(12(13,14)15)5-2-6-11(9)16/h2,5-6H,7,16H2,1H3,(H,17,18). The van der Waals surface area contributed by atoms with Crippen LogP contribution >= 0.6 is 0 Å². The van der Waals surface area contributed by atoms with Crippen LogP contribution in [-0.2, 0) is 11.0 Å². The molecule has 0 unspecified atom stereocenters. The fourth-order valence-electron chi connectivity index (χ4n) is 1.25. The Kier molecular flexibility index (Phi) is 4.21. The van der Waals surface area contributed by atoms with Crippen molar-refractivity contribution in [1.29, 1.82) is 0 Å². The number of nitrogens with one attached hydrogen (secondary N) is 1. The Morgan fingerprint density at radius 1 is 1.44 bits per heavy atom. The van der Waals surface area contributed by atoms with E-state index in [1.165, 1.54) is 19.1 Å². The monoisotopic (exact) mass is 256 g/mol. The lowest BCUT2D eigenvalue weighted by atomic mass is 10.1. The molecule has 0 aliphatic heterocycles. The van der Waals surface area contributed by atoms with Crippen LogP contribution in [0.3, 0.4) is 0 Å². The highest BCUT2D eigenvalue weighted by Crippen LogP contribution is 2.33. The second kappa shape index (κ2) is 5.45. The summed E-state index contributed by atoms with van der Waals surface area (Å²) in [5.41, 5.74) is 4.28. The topological polar surface area (TPSA) is 55.1 Å². The Hall–Kier alpha value is -2.16. The van der Waals surface area contributed by atoms with Gasteiger partial charge in [-0.1, -0.05) is 17.9 Å². The summed E-state index contributed by atoms with van der Waals surface area (Å²) >= 11 is 0. The molecule has 96 valence electrons. The lowest BCUT2D eigenvalue weighted by Gasteiger charge is -2.10. The smallest absolute Gasteiger partial charge is 0.398 e. The quantitative estimate of drug-likeness (QED) is 0.594. The molecule has 0 aromatic heterocycles. The summed E-state index contributed by atoms with van der Waals surface area (Å²) in [6, 6.07) is 3.48. The van der Waals surface area contributed by atoms with E-state index in [-0.39, 0.29) is 23.7 Å². The number of carbonyl (C=O) groups is 1. The van der Waals surface area contributed by atoms with Gasteiger partial charge in [-0.3, -0.25) is 4.79 Å². The summed E-state index contributed by atoms with van der Waals surface area (Å²) < 4.78 is 38.0. The van der Waals surface area contributed by atoms with Crippen LogP contribution in [0.25, 0.3) is 0 Å². The maximum absolute atomic E-state index is 12.7. The molecule has 1 amide bonds. The van der Waals surface area contributed by atoms with Crippen molar-refractivity contribution < 1.29 is 18.0 Å². The molecule has 0 saturated carbocycles. The number of amides is 1. The number of halogens is 3. The fourth-order valence-corrected chi connectivity index (χ4v) is 1.25. The first kappa shape index (κ1) is 13.9. The number of benzene rings is 1. The third kappa shape index (κ3) is 3.70. The van der Waals surface area contributed by atoms with Crippen LogP contribution in [0.1, 0.15) is 18.1 Å². The van der Waals surface area contributed by atoms with E-state index in [1.54, 1.807) is 0 Å². The number of hydrogen-bond donors (Lipinski definition) is 2. The first-order valence-corrected chi connectivity index (χ1v) is 5.01. The number of carbonyl (C=O) groups excluding carboxylic acids is 1. The second-order valence-electron chi connectivity index (χ2n) is 3.48. The van der Waals surface area contributed by atoms with Crippen molar-refractivity contribution in [3.8, 4) is 11.8 Å². The molecule has 1 aromatic rings. The minimum absolute atomic E-state index is 0.0268. The Morgan fingerprint density at radius 2 is 2.11 bits per heavy atom. The van der Waals surface area contributed by atoms with Crippen LogP contribution in [0.5, 0.6) is 0 Å². The SMILES string of the molecule is CC(=O)NCC#Cc1c(N)cccc1C(F)(F)F. The predicted octanol–water partition coefficient (Wildman–Crippen LogP) is 1.78. The maximum Gasteiger partial charge on any atom is 0.417 e. The maximum atomic E-state index is 12.7. The van der Waals surface area contributed by atoms with Crippen molar-refractivity contribution in [3.63, 3.8) is 0 Å². The third-order valence-corrected chi connectivity index (χ3v) is 2.04. The Morgan fingerprint density at radius 3 is 2.67 bits per heavy atom. The largest absolute Gasteiger partial charge is 0.417 e. The van der Waals surface area contributed by atoms with Gasteiger partial charge in [0, 0.05) is 12.6 Å². The first-order chi connectivity index (χ1) is 8.32. The normalized spacial score (nSPS) is 10.4. The van der Waals surface area contributed by atoms with Crippen molar-refractivity contribution >= 4 is 11.6 Å². The van der Waals surface area contributed by atoms with Crippen molar-refractivity contribution in [1.82, 2.24) is 5.32 Å². The zero-order chi connectivity index (χ0) is 13.8. The fraction of sp³-hybridized carbons (Fsp3) is 0.250. The van der Waals surface area contributed by atoms with Crippen LogP contribution in [-0.4, -0.2) is 12.5 Å². The van der Waals surface area contributed by atoms with E-state index in [0.29, 0.717) is 0 Å². The molecule has 1 rings (SSSR count). The highest BCUT2D eigenvalue weighted by atomic mass is 19.4. The van der Waals surface area contributed by atoms with Crippen LogP contribution in [0.4, 0.5) is 18.9 Å². The minimum atomic E-state index is -4.51. The van der Waals surface area contributed by atoms with Crippen molar-refractivity contribution in [2.24, 2.45) is 0 Å². The number of nitrogens with two attached hydrogens (primary N) is 1. The van der Waals surface area contributed by atoms with Gasteiger partial charge in [-0.2, -0.15) is 13.2 Å². The average molecular weight is 256 g/mol. The molecule has 0 spiro atoms. The van der Waals surface area contributed by atoms with Crippen LogP contribution in [0.2, 0.25) is 0 Å². The van der Waals surface area contributed by atoms with Gasteiger partial charge < -0.3 is 11.1 Å². The van der Waals surface area contributed by atoms with Gasteiger partial charge in [-0.15, -0.1) is 0 Å². The summed E-state index contributed by atoms with van der Waals surface area (Å²) in [7, 11) is 0. The molecule has 0 fully saturated rings. The number of nitrogen functional groups attached to an aromatic ring is 1. The van der Waals surface area contributed by atoms with Gasteiger partial charge in [0.25, 0.3) is 0 Å². The molecule has 18 heavy (non-hydrogen) atoms. The van der Waals surface area contributed by atoms with Gasteiger partial charge in [0.05, 0.1) is 17.7 Å². The van der Waals surface area contributed by atoms with E-state index >= 15 is 0 Å². The van der Waals surface area contributed by atoms with E-state index in [1.807, 2.05) is 0 Å². The molecule has 0 aliphatic carbocycles. The molecule has 0 heterocycles. The number of hydrogen-bond acceptors (Lipinski definition) is 2. The van der Waals surface area contributed by atoms with E-state index in [4.69, 9.17) is 5.73 Å². The van der Waals surface area contributed by atoms with Gasteiger partial charge in [-0.05, 0) is 12.1 Å². The lowest BCUT2D eigenvalue weighted by molar-refractivity contribution is -0.137. The Labute approximate surface area is 102 Å². The van der Waals surface area contributed by atoms with E-state index in [0.717, 1.165) is 6.07 Å². The minimum Gasteiger partial charge on any atom is -0.398 e. The van der Waals surface area contributed by atoms with Crippen LogP contribution in [0, 0.1) is 11.8 Å². The molecule has 0 bridgehead atoms. The van der Waals surface area contributed by atoms with E-state index in [2.05, 4.69) is 17.2 Å². The van der Waals surface area contributed by atoms with Crippen molar-refractivity contribution in [3.05, 3.63) is 29.3 Å². The third-order valence-electron chi connectivity index (χ3n) is 2.04. The molecular formula is C12H11F3N2O.